The van der Waals surface area contributed by atoms with E-state index in [1.165, 1.54) is 14.2 Å². The number of rotatable bonds is 4. The molecule has 0 fully saturated rings. The summed E-state index contributed by atoms with van der Waals surface area (Å²) in [5.74, 6) is -1.05. The first-order chi connectivity index (χ1) is 7.10. The summed E-state index contributed by atoms with van der Waals surface area (Å²) in [4.78, 5) is 23.8. The number of aromatic amines is 1. The second kappa shape index (κ2) is 4.85. The summed E-state index contributed by atoms with van der Waals surface area (Å²) in [5, 5.41) is 0. The van der Waals surface area contributed by atoms with Gasteiger partial charge in [0.15, 0.2) is 6.23 Å². The monoisotopic (exact) mass is 218 g/mol. The van der Waals surface area contributed by atoms with Gasteiger partial charge in [0, 0.05) is 14.2 Å². The molecule has 0 spiro atoms. The van der Waals surface area contributed by atoms with E-state index in [1.807, 2.05) is 4.98 Å². The largest absolute Gasteiger partial charge is 0.380 e. The highest BCUT2D eigenvalue weighted by Gasteiger charge is 2.13. The lowest BCUT2D eigenvalue weighted by molar-refractivity contribution is -0.0218. The lowest BCUT2D eigenvalue weighted by Gasteiger charge is -2.16. The second-order valence-corrected chi connectivity index (χ2v) is 2.79. The van der Waals surface area contributed by atoms with Crippen LogP contribution in [0.1, 0.15) is 6.23 Å². The van der Waals surface area contributed by atoms with Crippen LogP contribution in [0.4, 0.5) is 4.39 Å². The number of nitrogens with one attached hydrogen (secondary N) is 1. The Morgan fingerprint density at radius 2 is 2.20 bits per heavy atom. The summed E-state index contributed by atoms with van der Waals surface area (Å²) in [7, 11) is 2.76. The third kappa shape index (κ3) is 2.51. The molecule has 84 valence electrons. The SMILES string of the molecule is COCC(OC)n1cc(F)c(=O)[nH]c1=O. The molecule has 15 heavy (non-hydrogen) atoms. The number of methoxy groups -OCH3 is 2. The first-order valence-electron chi connectivity index (χ1n) is 4.13. The molecule has 0 saturated heterocycles. The number of hydrogen-bond acceptors (Lipinski definition) is 4. The third-order valence-corrected chi connectivity index (χ3v) is 1.82. The molecule has 0 amide bonds. The van der Waals surface area contributed by atoms with E-state index in [9.17, 15) is 14.0 Å². The number of halogens is 1. The Balaban J connectivity index is 3.18. The average Bonchev–Trinajstić information content (AvgIpc) is 2.20. The quantitative estimate of drug-likeness (QED) is 0.737. The predicted molar refractivity (Wildman–Crippen MR) is 49.2 cm³/mol. The fraction of sp³-hybridized carbons (Fsp3) is 0.500. The van der Waals surface area contributed by atoms with Gasteiger partial charge >= 0.3 is 5.69 Å². The molecule has 1 aromatic rings. The minimum Gasteiger partial charge on any atom is -0.380 e. The van der Waals surface area contributed by atoms with Crippen molar-refractivity contribution >= 4 is 0 Å². The van der Waals surface area contributed by atoms with Gasteiger partial charge in [-0.15, -0.1) is 0 Å². The van der Waals surface area contributed by atoms with Gasteiger partial charge < -0.3 is 9.47 Å². The Hall–Kier alpha value is -1.47. The van der Waals surface area contributed by atoms with Gasteiger partial charge in [-0.1, -0.05) is 0 Å². The van der Waals surface area contributed by atoms with Crippen molar-refractivity contribution in [2.75, 3.05) is 20.8 Å². The lowest BCUT2D eigenvalue weighted by atomic mass is 10.5. The molecule has 0 saturated carbocycles. The molecule has 1 rings (SSSR count). The summed E-state index contributed by atoms with van der Waals surface area (Å²) < 4.78 is 23.5. The second-order valence-electron chi connectivity index (χ2n) is 2.79. The van der Waals surface area contributed by atoms with Crippen LogP contribution in [0.2, 0.25) is 0 Å². The van der Waals surface area contributed by atoms with Crippen LogP contribution < -0.4 is 11.2 Å². The van der Waals surface area contributed by atoms with E-state index >= 15 is 0 Å². The molecule has 6 nitrogen and oxygen atoms in total. The van der Waals surface area contributed by atoms with E-state index in [-0.39, 0.29) is 6.61 Å². The average molecular weight is 218 g/mol. The predicted octanol–water partition coefficient (Wildman–Crippen LogP) is -0.533. The van der Waals surface area contributed by atoms with Crippen LogP contribution in [0.5, 0.6) is 0 Å². The fourth-order valence-electron chi connectivity index (χ4n) is 1.08. The molecule has 0 bridgehead atoms. The fourth-order valence-corrected chi connectivity index (χ4v) is 1.08. The first kappa shape index (κ1) is 11.6. The number of aromatic nitrogens is 2. The summed E-state index contributed by atoms with van der Waals surface area (Å²) >= 11 is 0. The first-order valence-corrected chi connectivity index (χ1v) is 4.13. The van der Waals surface area contributed by atoms with Gasteiger partial charge in [0.05, 0.1) is 12.8 Å². The van der Waals surface area contributed by atoms with Gasteiger partial charge in [-0.3, -0.25) is 14.3 Å². The number of hydrogen-bond donors (Lipinski definition) is 1. The smallest absolute Gasteiger partial charge is 0.330 e. The van der Waals surface area contributed by atoms with E-state index in [0.717, 1.165) is 10.8 Å². The van der Waals surface area contributed by atoms with Crippen LogP contribution in [-0.4, -0.2) is 30.4 Å². The summed E-state index contributed by atoms with van der Waals surface area (Å²) in [6.45, 7) is 0.0713. The molecule has 1 aromatic heterocycles. The minimum absolute atomic E-state index is 0.0713. The van der Waals surface area contributed by atoms with Crippen molar-refractivity contribution in [3.05, 3.63) is 32.9 Å². The highest BCUT2D eigenvalue weighted by atomic mass is 19.1. The molecule has 7 heteroatoms. The number of nitrogens with zero attached hydrogens (tertiary/aromatic N) is 1. The van der Waals surface area contributed by atoms with Crippen molar-refractivity contribution < 1.29 is 13.9 Å². The summed E-state index contributed by atoms with van der Waals surface area (Å²) in [6, 6.07) is 0. The maximum Gasteiger partial charge on any atom is 0.330 e. The third-order valence-electron chi connectivity index (χ3n) is 1.82. The van der Waals surface area contributed by atoms with Crippen molar-refractivity contribution in [1.29, 1.82) is 0 Å². The van der Waals surface area contributed by atoms with Crippen LogP contribution in [-0.2, 0) is 9.47 Å². The zero-order chi connectivity index (χ0) is 11.4. The molecule has 0 aromatic carbocycles. The Morgan fingerprint density at radius 3 is 2.73 bits per heavy atom. The van der Waals surface area contributed by atoms with Crippen LogP contribution in [0.3, 0.4) is 0 Å². The molecule has 1 N–H and O–H groups in total. The summed E-state index contributed by atoms with van der Waals surface area (Å²) in [5.41, 5.74) is -1.80. The van der Waals surface area contributed by atoms with E-state index < -0.39 is 23.3 Å². The normalized spacial score (nSPS) is 12.7. The van der Waals surface area contributed by atoms with Crippen LogP contribution in [0, 0.1) is 5.82 Å². The Morgan fingerprint density at radius 1 is 1.53 bits per heavy atom. The van der Waals surface area contributed by atoms with Gasteiger partial charge in [-0.25, -0.2) is 4.79 Å². The van der Waals surface area contributed by atoms with Crippen molar-refractivity contribution in [3.8, 4) is 0 Å². The van der Waals surface area contributed by atoms with E-state index in [1.54, 1.807) is 0 Å². The molecule has 0 aliphatic heterocycles. The van der Waals surface area contributed by atoms with Gasteiger partial charge in [0.1, 0.15) is 0 Å². The number of H-pyrrole nitrogens is 1. The molecule has 0 radical (unpaired) electrons. The lowest BCUT2D eigenvalue weighted by Crippen LogP contribution is -2.35. The molecular formula is C8H11FN2O4. The van der Waals surface area contributed by atoms with Gasteiger partial charge in [-0.05, 0) is 0 Å². The van der Waals surface area contributed by atoms with Gasteiger partial charge in [0.25, 0.3) is 5.56 Å². The van der Waals surface area contributed by atoms with Crippen LogP contribution in [0.25, 0.3) is 0 Å². The van der Waals surface area contributed by atoms with Crippen molar-refractivity contribution in [2.45, 2.75) is 6.23 Å². The van der Waals surface area contributed by atoms with Gasteiger partial charge in [-0.2, -0.15) is 4.39 Å². The summed E-state index contributed by atoms with van der Waals surface area (Å²) in [6.07, 6.45) is 0.0165. The van der Waals surface area contributed by atoms with E-state index in [2.05, 4.69) is 0 Å². The zero-order valence-corrected chi connectivity index (χ0v) is 8.32. The van der Waals surface area contributed by atoms with Crippen LogP contribution >= 0.6 is 0 Å². The zero-order valence-electron chi connectivity index (χ0n) is 8.32. The molecular weight excluding hydrogens is 207 g/mol. The topological polar surface area (TPSA) is 73.3 Å². The van der Waals surface area contributed by atoms with Crippen molar-refractivity contribution in [3.63, 3.8) is 0 Å². The van der Waals surface area contributed by atoms with Crippen LogP contribution in [0.15, 0.2) is 15.8 Å². The Kier molecular flexibility index (Phi) is 3.75. The Bertz CT molecular complexity index is 439. The molecule has 1 atom stereocenters. The maximum absolute atomic E-state index is 12.9. The molecule has 0 aliphatic carbocycles. The van der Waals surface area contributed by atoms with Crippen molar-refractivity contribution in [2.24, 2.45) is 0 Å². The molecule has 1 unspecified atom stereocenters. The highest BCUT2D eigenvalue weighted by molar-refractivity contribution is 4.88. The molecule has 1 heterocycles. The standard InChI is InChI=1S/C8H11FN2O4/c1-14-4-6(15-2)11-3-5(9)7(12)10-8(11)13/h3,6H,4H2,1-2H3,(H,10,12,13). The van der Waals surface area contributed by atoms with E-state index in [4.69, 9.17) is 9.47 Å². The number of ether oxygens (including phenoxy) is 2. The van der Waals surface area contributed by atoms with E-state index in [0.29, 0.717) is 0 Å². The Labute approximate surface area is 84.3 Å². The molecule has 0 aliphatic rings. The minimum atomic E-state index is -1.05. The van der Waals surface area contributed by atoms with Crippen molar-refractivity contribution in [1.82, 2.24) is 9.55 Å². The van der Waals surface area contributed by atoms with Gasteiger partial charge in [0.2, 0.25) is 5.82 Å². The maximum atomic E-state index is 12.9. The highest BCUT2D eigenvalue weighted by Crippen LogP contribution is 2.03.